The summed E-state index contributed by atoms with van der Waals surface area (Å²) in [6.45, 7) is 2.18. The highest BCUT2D eigenvalue weighted by molar-refractivity contribution is 5.84. The van der Waals surface area contributed by atoms with Gasteiger partial charge in [-0.2, -0.15) is 0 Å². The van der Waals surface area contributed by atoms with Crippen LogP contribution in [0.15, 0.2) is 36.4 Å². The van der Waals surface area contributed by atoms with Gasteiger partial charge in [0, 0.05) is 13.2 Å². The Labute approximate surface area is 113 Å². The summed E-state index contributed by atoms with van der Waals surface area (Å²) in [5, 5.41) is 14.7. The van der Waals surface area contributed by atoms with Gasteiger partial charge in [-0.25, -0.2) is 0 Å². The van der Waals surface area contributed by atoms with E-state index in [1.54, 1.807) is 0 Å². The first kappa shape index (κ1) is 12.5. The molecule has 2 aromatic carbocycles. The van der Waals surface area contributed by atoms with E-state index in [4.69, 9.17) is 9.84 Å². The van der Waals surface area contributed by atoms with Crippen molar-refractivity contribution < 1.29 is 9.84 Å². The van der Waals surface area contributed by atoms with Crippen LogP contribution in [0.25, 0.3) is 10.8 Å². The monoisotopic (exact) mass is 257 g/mol. The van der Waals surface area contributed by atoms with E-state index >= 15 is 0 Å². The number of aliphatic hydroxyl groups excluding tert-OH is 1. The highest BCUT2D eigenvalue weighted by Gasteiger charge is 2.15. The maximum atomic E-state index is 8.97. The Bertz CT molecular complexity index is 562. The summed E-state index contributed by atoms with van der Waals surface area (Å²) in [6, 6.07) is 12.5. The van der Waals surface area contributed by atoms with Gasteiger partial charge in [0.1, 0.15) is 11.9 Å². The van der Waals surface area contributed by atoms with Gasteiger partial charge in [0.15, 0.2) is 0 Å². The van der Waals surface area contributed by atoms with E-state index in [1.165, 1.54) is 16.3 Å². The molecule has 19 heavy (non-hydrogen) atoms. The molecular formula is C16H19NO2. The van der Waals surface area contributed by atoms with Crippen molar-refractivity contribution in [3.63, 3.8) is 0 Å². The molecule has 3 heteroatoms. The molecule has 2 aromatic rings. The van der Waals surface area contributed by atoms with Crippen molar-refractivity contribution in [3.8, 4) is 5.75 Å². The van der Waals surface area contributed by atoms with Crippen LogP contribution >= 0.6 is 0 Å². The smallest absolute Gasteiger partial charge is 0.120 e. The van der Waals surface area contributed by atoms with E-state index in [0.717, 1.165) is 25.3 Å². The minimum Gasteiger partial charge on any atom is -0.489 e. The lowest BCUT2D eigenvalue weighted by Gasteiger charge is -2.13. The molecule has 100 valence electrons. The van der Waals surface area contributed by atoms with Crippen LogP contribution in [0, 0.1) is 0 Å². The molecule has 0 aliphatic carbocycles. The van der Waals surface area contributed by atoms with Crippen LogP contribution < -0.4 is 10.1 Å². The quantitative estimate of drug-likeness (QED) is 0.881. The van der Waals surface area contributed by atoms with Gasteiger partial charge < -0.3 is 15.2 Å². The average Bonchev–Trinajstić information content (AvgIpc) is 2.92. The largest absolute Gasteiger partial charge is 0.489 e. The fourth-order valence-electron chi connectivity index (χ4n) is 2.55. The lowest BCUT2D eigenvalue weighted by atomic mass is 10.1. The summed E-state index contributed by atoms with van der Waals surface area (Å²) >= 11 is 0. The highest BCUT2D eigenvalue weighted by atomic mass is 16.5. The molecule has 1 fully saturated rings. The minimum absolute atomic E-state index is 0.196. The first-order chi connectivity index (χ1) is 9.35. The van der Waals surface area contributed by atoms with E-state index in [0.29, 0.717) is 12.5 Å². The topological polar surface area (TPSA) is 41.5 Å². The van der Waals surface area contributed by atoms with Gasteiger partial charge in [0.25, 0.3) is 0 Å². The number of ether oxygens (including phenoxy) is 1. The third-order valence-corrected chi connectivity index (χ3v) is 3.59. The van der Waals surface area contributed by atoms with Crippen molar-refractivity contribution in [2.24, 2.45) is 0 Å². The lowest BCUT2D eigenvalue weighted by molar-refractivity contribution is 0.223. The average molecular weight is 257 g/mol. The van der Waals surface area contributed by atoms with Crippen LogP contribution in [0.1, 0.15) is 12.0 Å². The fraction of sp³-hybridized carbons (Fsp3) is 0.375. The number of rotatable bonds is 4. The summed E-state index contributed by atoms with van der Waals surface area (Å²) < 4.78 is 5.96. The first-order valence-corrected chi connectivity index (χ1v) is 6.86. The Hall–Kier alpha value is -1.58. The van der Waals surface area contributed by atoms with Crippen LogP contribution in [0.3, 0.4) is 0 Å². The molecule has 1 aliphatic rings. The second-order valence-electron chi connectivity index (χ2n) is 5.05. The molecule has 0 saturated carbocycles. The van der Waals surface area contributed by atoms with E-state index in [2.05, 4.69) is 35.6 Å². The van der Waals surface area contributed by atoms with Crippen molar-refractivity contribution in [3.05, 3.63) is 42.0 Å². The number of benzene rings is 2. The van der Waals surface area contributed by atoms with E-state index in [1.807, 2.05) is 6.07 Å². The van der Waals surface area contributed by atoms with Gasteiger partial charge in [0.2, 0.25) is 0 Å². The van der Waals surface area contributed by atoms with Crippen molar-refractivity contribution in [1.82, 2.24) is 5.32 Å². The lowest BCUT2D eigenvalue weighted by Crippen LogP contribution is -2.19. The summed E-state index contributed by atoms with van der Waals surface area (Å²) in [7, 11) is 0. The Morgan fingerprint density at radius 3 is 2.79 bits per heavy atom. The third-order valence-electron chi connectivity index (χ3n) is 3.59. The van der Waals surface area contributed by atoms with Crippen LogP contribution in [0.4, 0.5) is 0 Å². The molecule has 0 amide bonds. The normalized spacial score (nSPS) is 18.9. The highest BCUT2D eigenvalue weighted by Crippen LogP contribution is 2.23. The molecule has 2 N–H and O–H groups in total. The zero-order valence-electron chi connectivity index (χ0n) is 10.9. The van der Waals surface area contributed by atoms with Crippen molar-refractivity contribution in [1.29, 1.82) is 0 Å². The van der Waals surface area contributed by atoms with Gasteiger partial charge in [-0.3, -0.25) is 0 Å². The van der Waals surface area contributed by atoms with E-state index < -0.39 is 0 Å². The summed E-state index contributed by atoms with van der Waals surface area (Å²) in [5.41, 5.74) is 1.17. The number of hydrogen-bond acceptors (Lipinski definition) is 3. The fourth-order valence-corrected chi connectivity index (χ4v) is 2.55. The Morgan fingerprint density at radius 2 is 2.00 bits per heavy atom. The summed E-state index contributed by atoms with van der Waals surface area (Å²) in [4.78, 5) is 0. The second-order valence-corrected chi connectivity index (χ2v) is 5.05. The molecule has 0 spiro atoms. The predicted molar refractivity (Wildman–Crippen MR) is 76.6 cm³/mol. The van der Waals surface area contributed by atoms with Gasteiger partial charge in [-0.1, -0.05) is 24.3 Å². The number of fused-ring (bicyclic) bond motifs is 1. The zero-order chi connectivity index (χ0) is 13.1. The maximum absolute atomic E-state index is 8.97. The van der Waals surface area contributed by atoms with Crippen LogP contribution in [0.5, 0.6) is 5.75 Å². The SMILES string of the molecule is OCCc1ccc2cc(OC3CCNC3)ccc2c1. The van der Waals surface area contributed by atoms with Crippen molar-refractivity contribution in [2.75, 3.05) is 19.7 Å². The molecule has 3 nitrogen and oxygen atoms in total. The maximum Gasteiger partial charge on any atom is 0.120 e. The van der Waals surface area contributed by atoms with Crippen LogP contribution in [0.2, 0.25) is 0 Å². The van der Waals surface area contributed by atoms with Crippen molar-refractivity contribution in [2.45, 2.75) is 18.9 Å². The molecule has 1 saturated heterocycles. The molecule has 0 bridgehead atoms. The molecule has 1 atom stereocenters. The number of nitrogens with one attached hydrogen (secondary N) is 1. The second kappa shape index (κ2) is 5.59. The first-order valence-electron chi connectivity index (χ1n) is 6.86. The van der Waals surface area contributed by atoms with E-state index in [-0.39, 0.29) is 6.61 Å². The minimum atomic E-state index is 0.196. The van der Waals surface area contributed by atoms with Gasteiger partial charge in [0.05, 0.1) is 0 Å². The standard InChI is InChI=1S/C16H19NO2/c18-8-6-12-1-2-14-10-15(4-3-13(14)9-12)19-16-5-7-17-11-16/h1-4,9-10,16-18H,5-8,11H2. The molecule has 1 unspecified atom stereocenters. The molecule has 0 radical (unpaired) electrons. The molecule has 1 aliphatic heterocycles. The Kier molecular flexibility index (Phi) is 3.67. The molecular weight excluding hydrogens is 238 g/mol. The summed E-state index contributed by atoms with van der Waals surface area (Å²) in [5.74, 6) is 0.941. The molecule has 0 aromatic heterocycles. The number of aliphatic hydroxyl groups is 1. The predicted octanol–water partition coefficient (Wildman–Crippen LogP) is 2.12. The zero-order valence-corrected chi connectivity index (χ0v) is 10.9. The molecule has 1 heterocycles. The van der Waals surface area contributed by atoms with Crippen LogP contribution in [-0.2, 0) is 6.42 Å². The number of hydrogen-bond donors (Lipinski definition) is 2. The molecule has 3 rings (SSSR count). The third kappa shape index (κ3) is 2.88. The van der Waals surface area contributed by atoms with Crippen LogP contribution in [-0.4, -0.2) is 30.9 Å². The van der Waals surface area contributed by atoms with Gasteiger partial charge in [-0.05, 0) is 47.9 Å². The van der Waals surface area contributed by atoms with Gasteiger partial charge >= 0.3 is 0 Å². The van der Waals surface area contributed by atoms with Gasteiger partial charge in [-0.15, -0.1) is 0 Å². The Balaban J connectivity index is 1.82. The summed E-state index contributed by atoms with van der Waals surface area (Å²) in [6.07, 6.45) is 2.08. The Morgan fingerprint density at radius 1 is 1.16 bits per heavy atom. The van der Waals surface area contributed by atoms with Crippen molar-refractivity contribution >= 4 is 10.8 Å². The van der Waals surface area contributed by atoms with E-state index in [9.17, 15) is 0 Å².